The van der Waals surface area contributed by atoms with Gasteiger partial charge >= 0.3 is 5.97 Å². The van der Waals surface area contributed by atoms with Crippen molar-refractivity contribution in [3.8, 4) is 0 Å². The Bertz CT molecular complexity index is 980. The molecule has 3 rings (SSSR count). The van der Waals surface area contributed by atoms with E-state index in [-0.39, 0.29) is 11.9 Å². The lowest BCUT2D eigenvalue weighted by Gasteiger charge is -2.38. The van der Waals surface area contributed by atoms with Crippen LogP contribution in [0, 0.1) is 19.8 Å². The Hall–Kier alpha value is -2.38. The largest absolute Gasteiger partial charge is 0.468 e. The van der Waals surface area contributed by atoms with Crippen LogP contribution in [0.5, 0.6) is 0 Å². The number of ether oxygens (including phenoxy) is 1. The van der Waals surface area contributed by atoms with Crippen molar-refractivity contribution in [2.24, 2.45) is 5.92 Å². The molecule has 1 unspecified atom stereocenters. The number of nitrogens with zero attached hydrogens (tertiary/aromatic N) is 4. The van der Waals surface area contributed by atoms with Crippen molar-refractivity contribution < 1.29 is 14.3 Å². The molecule has 0 spiro atoms. The van der Waals surface area contributed by atoms with Crippen molar-refractivity contribution >= 4 is 23.5 Å². The van der Waals surface area contributed by atoms with Crippen molar-refractivity contribution in [2.75, 3.05) is 33.3 Å². The van der Waals surface area contributed by atoms with Crippen LogP contribution in [0.4, 0.5) is 0 Å². The van der Waals surface area contributed by atoms with Gasteiger partial charge in [0.2, 0.25) is 5.91 Å². The van der Waals surface area contributed by atoms with Crippen molar-refractivity contribution in [1.29, 1.82) is 0 Å². The summed E-state index contributed by atoms with van der Waals surface area (Å²) in [5.41, 5.74) is 4.06. The molecule has 1 amide bonds. The molecule has 0 radical (unpaired) electrons. The predicted octanol–water partition coefficient (Wildman–Crippen LogP) is 3.80. The van der Waals surface area contributed by atoms with E-state index in [1.54, 1.807) is 6.07 Å². The van der Waals surface area contributed by atoms with Crippen LogP contribution in [0.15, 0.2) is 24.3 Å². The summed E-state index contributed by atoms with van der Waals surface area (Å²) in [4.78, 5) is 29.4. The van der Waals surface area contributed by atoms with Crippen molar-refractivity contribution in [1.82, 2.24) is 19.6 Å². The van der Waals surface area contributed by atoms with Gasteiger partial charge in [0, 0.05) is 49.9 Å². The Morgan fingerprint density at radius 2 is 1.79 bits per heavy atom. The fourth-order valence-corrected chi connectivity index (χ4v) is 4.76. The third kappa shape index (κ3) is 5.95. The summed E-state index contributed by atoms with van der Waals surface area (Å²) < 4.78 is 7.11. The second-order valence-electron chi connectivity index (χ2n) is 9.09. The molecule has 2 heterocycles. The van der Waals surface area contributed by atoms with E-state index in [0.29, 0.717) is 50.0 Å². The molecule has 33 heavy (non-hydrogen) atoms. The Kier molecular flexibility index (Phi) is 8.54. The van der Waals surface area contributed by atoms with Gasteiger partial charge in [-0.25, -0.2) is 4.79 Å². The minimum atomic E-state index is -0.571. The number of rotatable bonds is 8. The second-order valence-corrected chi connectivity index (χ2v) is 9.50. The number of hydrogen-bond donors (Lipinski definition) is 0. The van der Waals surface area contributed by atoms with E-state index in [1.165, 1.54) is 12.7 Å². The number of piperazine rings is 1. The van der Waals surface area contributed by atoms with Gasteiger partial charge in [-0.15, -0.1) is 0 Å². The van der Waals surface area contributed by atoms with Crippen molar-refractivity contribution in [3.63, 3.8) is 0 Å². The smallest absolute Gasteiger partial charge is 0.327 e. The van der Waals surface area contributed by atoms with Crippen LogP contribution in [0.3, 0.4) is 0 Å². The first-order valence-electron chi connectivity index (χ1n) is 11.6. The molecule has 2 aromatic rings. The van der Waals surface area contributed by atoms with E-state index in [2.05, 4.69) is 30.6 Å². The summed E-state index contributed by atoms with van der Waals surface area (Å²) in [6.07, 6.45) is 1.15. The van der Waals surface area contributed by atoms with Gasteiger partial charge in [0.25, 0.3) is 0 Å². The van der Waals surface area contributed by atoms with Gasteiger partial charge in [-0.1, -0.05) is 43.6 Å². The second kappa shape index (κ2) is 11.2. The first kappa shape index (κ1) is 25.2. The summed E-state index contributed by atoms with van der Waals surface area (Å²) in [5.74, 6) is 0.318. The van der Waals surface area contributed by atoms with Crippen molar-refractivity contribution in [3.05, 3.63) is 51.8 Å². The van der Waals surface area contributed by atoms with Gasteiger partial charge in [0.05, 0.1) is 12.8 Å². The molecule has 7 nitrogen and oxygen atoms in total. The van der Waals surface area contributed by atoms with Gasteiger partial charge < -0.3 is 9.64 Å². The lowest BCUT2D eigenvalue weighted by atomic mass is 10.0. The highest BCUT2D eigenvalue weighted by Gasteiger charge is 2.33. The summed E-state index contributed by atoms with van der Waals surface area (Å²) in [6.45, 7) is 11.7. The van der Waals surface area contributed by atoms with Gasteiger partial charge in [0.15, 0.2) is 0 Å². The third-order valence-electron chi connectivity index (χ3n) is 6.31. The molecule has 1 aromatic heterocycles. The zero-order chi connectivity index (χ0) is 24.1. The van der Waals surface area contributed by atoms with E-state index < -0.39 is 6.04 Å². The molecule has 8 heteroatoms. The van der Waals surface area contributed by atoms with Crippen LogP contribution in [0.2, 0.25) is 5.02 Å². The lowest BCUT2D eigenvalue weighted by Crippen LogP contribution is -2.51. The molecule has 0 N–H and O–H groups in total. The predicted molar refractivity (Wildman–Crippen MR) is 129 cm³/mol. The lowest BCUT2D eigenvalue weighted by molar-refractivity contribution is -0.148. The maximum Gasteiger partial charge on any atom is 0.327 e. The SMILES string of the molecule is COC(=O)C(c1ccccc1Cl)N1CCN(C(=O)CCc2c(C)nn(CC(C)C)c2C)CC1. The van der Waals surface area contributed by atoms with Crippen LogP contribution in [0.25, 0.3) is 0 Å². The normalized spacial score (nSPS) is 15.7. The van der Waals surface area contributed by atoms with Crippen LogP contribution >= 0.6 is 11.6 Å². The summed E-state index contributed by atoms with van der Waals surface area (Å²) in [7, 11) is 1.39. The van der Waals surface area contributed by atoms with Gasteiger partial charge in [-0.3, -0.25) is 14.4 Å². The van der Waals surface area contributed by atoms with E-state index >= 15 is 0 Å². The highest BCUT2D eigenvalue weighted by molar-refractivity contribution is 6.31. The minimum Gasteiger partial charge on any atom is -0.468 e. The van der Waals surface area contributed by atoms with Gasteiger partial charge in [-0.2, -0.15) is 5.10 Å². The monoisotopic (exact) mass is 474 g/mol. The molecular formula is C25H35ClN4O3. The minimum absolute atomic E-state index is 0.137. The number of esters is 1. The Labute approximate surface area is 201 Å². The quantitative estimate of drug-likeness (QED) is 0.544. The van der Waals surface area contributed by atoms with E-state index in [9.17, 15) is 9.59 Å². The number of halogens is 1. The molecule has 1 aromatic carbocycles. The molecule has 1 fully saturated rings. The molecule has 180 valence electrons. The highest BCUT2D eigenvalue weighted by atomic mass is 35.5. The first-order chi connectivity index (χ1) is 15.7. The van der Waals surface area contributed by atoms with Gasteiger partial charge in [0.1, 0.15) is 6.04 Å². The molecule has 1 saturated heterocycles. The number of methoxy groups -OCH3 is 1. The topological polar surface area (TPSA) is 67.7 Å². The van der Waals surface area contributed by atoms with E-state index in [0.717, 1.165) is 23.5 Å². The highest BCUT2D eigenvalue weighted by Crippen LogP contribution is 2.29. The molecule has 0 bridgehead atoms. The third-order valence-corrected chi connectivity index (χ3v) is 6.66. The molecule has 0 saturated carbocycles. The maximum atomic E-state index is 12.9. The molecule has 1 aliphatic rings. The zero-order valence-corrected chi connectivity index (χ0v) is 21.1. The molecular weight excluding hydrogens is 440 g/mol. The number of carbonyl (C=O) groups is 2. The number of aromatic nitrogens is 2. The molecule has 0 aliphatic carbocycles. The molecule has 1 atom stereocenters. The van der Waals surface area contributed by atoms with E-state index in [1.807, 2.05) is 34.9 Å². The standard InChI is InChI=1S/C25H35ClN4O3/c1-17(2)16-30-19(4)20(18(3)27-30)10-11-23(31)28-12-14-29(15-13-28)24(25(32)33-5)21-8-6-7-9-22(21)26/h6-9,17,24H,10-16H2,1-5H3. The van der Waals surface area contributed by atoms with E-state index in [4.69, 9.17) is 16.3 Å². The number of aryl methyl sites for hydroxylation is 1. The molecule has 1 aliphatic heterocycles. The Morgan fingerprint density at radius 1 is 1.12 bits per heavy atom. The summed E-state index contributed by atoms with van der Waals surface area (Å²) in [5, 5.41) is 5.20. The average Bonchev–Trinajstić information content (AvgIpc) is 3.05. The summed E-state index contributed by atoms with van der Waals surface area (Å²) in [6, 6.07) is 6.76. The van der Waals surface area contributed by atoms with Crippen molar-refractivity contribution in [2.45, 2.75) is 53.1 Å². The van der Waals surface area contributed by atoms with Crippen LogP contribution in [-0.2, 0) is 27.3 Å². The number of amides is 1. The summed E-state index contributed by atoms with van der Waals surface area (Å²) >= 11 is 6.37. The van der Waals surface area contributed by atoms with Gasteiger partial charge in [-0.05, 0) is 43.4 Å². The number of benzene rings is 1. The fraction of sp³-hybridized carbons (Fsp3) is 0.560. The maximum absolute atomic E-state index is 12.9. The number of carbonyl (C=O) groups excluding carboxylic acids is 2. The number of hydrogen-bond acceptors (Lipinski definition) is 5. The fourth-order valence-electron chi connectivity index (χ4n) is 4.52. The first-order valence-corrected chi connectivity index (χ1v) is 12.0. The van der Waals surface area contributed by atoms with Crippen LogP contribution in [-0.4, -0.2) is 64.7 Å². The van der Waals surface area contributed by atoms with Crippen LogP contribution < -0.4 is 0 Å². The Morgan fingerprint density at radius 3 is 2.39 bits per heavy atom. The average molecular weight is 475 g/mol. The Balaban J connectivity index is 1.60. The van der Waals surface area contributed by atoms with Crippen LogP contribution in [0.1, 0.15) is 48.8 Å². The zero-order valence-electron chi connectivity index (χ0n) is 20.3.